The summed E-state index contributed by atoms with van der Waals surface area (Å²) in [5, 5.41) is 15.8. The Hall–Kier alpha value is -3.82. The summed E-state index contributed by atoms with van der Waals surface area (Å²) in [6.45, 7) is 2.76. The van der Waals surface area contributed by atoms with Gasteiger partial charge in [-0.1, -0.05) is 29.8 Å². The monoisotopic (exact) mass is 400 g/mol. The smallest absolute Gasteiger partial charge is 0.319 e. The van der Waals surface area contributed by atoms with Crippen molar-refractivity contribution in [3.63, 3.8) is 0 Å². The molecule has 1 aliphatic rings. The average molecular weight is 400 g/mol. The van der Waals surface area contributed by atoms with E-state index in [0.717, 1.165) is 22.6 Å². The zero-order chi connectivity index (χ0) is 21.3. The van der Waals surface area contributed by atoms with E-state index in [1.165, 1.54) is 6.92 Å². The third-order valence-electron chi connectivity index (χ3n) is 4.64. The van der Waals surface area contributed by atoms with Gasteiger partial charge < -0.3 is 10.6 Å². The molecule has 10 heteroatoms. The fourth-order valence-corrected chi connectivity index (χ4v) is 3.02. The number of hydrogen-bond donors (Lipinski definition) is 2. The number of rotatable bonds is 5. The third kappa shape index (κ3) is 3.77. The number of carbonyl (C=O) groups excluding carboxylic acids is 3. The summed E-state index contributed by atoms with van der Waals surface area (Å²) in [7, 11) is 0. The molecule has 29 heavy (non-hydrogen) atoms. The highest BCUT2D eigenvalue weighted by Crippen LogP contribution is 2.29. The van der Waals surface area contributed by atoms with E-state index < -0.39 is 46.4 Å². The molecular weight excluding hydrogens is 383 g/mol. The van der Waals surface area contributed by atoms with Crippen molar-refractivity contribution in [3.8, 4) is 0 Å². The molecule has 2 N–H and O–H groups in total. The molecular formula is C19H17FN4O5. The summed E-state index contributed by atoms with van der Waals surface area (Å²) in [6.07, 6.45) is 0. The van der Waals surface area contributed by atoms with Gasteiger partial charge in [0.05, 0.1) is 11.0 Å². The lowest BCUT2D eigenvalue weighted by atomic mass is 9.91. The van der Waals surface area contributed by atoms with Gasteiger partial charge in [-0.2, -0.15) is 0 Å². The highest BCUT2D eigenvalue weighted by atomic mass is 19.1. The van der Waals surface area contributed by atoms with Crippen LogP contribution in [0.1, 0.15) is 18.1 Å². The molecule has 0 spiro atoms. The molecule has 3 rings (SSSR count). The molecule has 0 aromatic heterocycles. The van der Waals surface area contributed by atoms with Gasteiger partial charge in [-0.25, -0.2) is 9.18 Å². The zero-order valence-electron chi connectivity index (χ0n) is 15.6. The van der Waals surface area contributed by atoms with Gasteiger partial charge in [0.2, 0.25) is 5.91 Å². The number of benzene rings is 2. The Balaban J connectivity index is 1.78. The first-order chi connectivity index (χ1) is 13.6. The molecule has 2 aromatic carbocycles. The van der Waals surface area contributed by atoms with Crippen LogP contribution in [0.3, 0.4) is 0 Å². The molecule has 150 valence electrons. The van der Waals surface area contributed by atoms with Crippen LogP contribution in [0, 0.1) is 22.9 Å². The van der Waals surface area contributed by atoms with Crippen molar-refractivity contribution >= 4 is 29.2 Å². The molecule has 0 radical (unpaired) electrons. The number of anilines is 1. The number of nitro groups is 1. The summed E-state index contributed by atoms with van der Waals surface area (Å²) in [5.74, 6) is -2.30. The van der Waals surface area contributed by atoms with E-state index in [1.807, 2.05) is 6.92 Å². The predicted molar refractivity (Wildman–Crippen MR) is 100 cm³/mol. The number of hydrogen-bond acceptors (Lipinski definition) is 5. The molecule has 0 aliphatic carbocycles. The maximum absolute atomic E-state index is 13.2. The van der Waals surface area contributed by atoms with Gasteiger partial charge in [-0.15, -0.1) is 0 Å². The molecule has 1 saturated heterocycles. The number of nitro benzene ring substituents is 1. The lowest BCUT2D eigenvalue weighted by molar-refractivity contribution is -0.384. The fourth-order valence-electron chi connectivity index (χ4n) is 3.02. The van der Waals surface area contributed by atoms with Crippen molar-refractivity contribution in [1.82, 2.24) is 10.2 Å². The van der Waals surface area contributed by atoms with Crippen LogP contribution in [0.25, 0.3) is 0 Å². The van der Waals surface area contributed by atoms with E-state index in [4.69, 9.17) is 0 Å². The average Bonchev–Trinajstić information content (AvgIpc) is 2.87. The van der Waals surface area contributed by atoms with E-state index in [2.05, 4.69) is 10.6 Å². The molecule has 4 amide bonds. The Kier molecular flexibility index (Phi) is 5.02. The SMILES string of the molecule is Cc1ccc([C@]2(C)NC(=O)N(CC(=O)Nc3ccc(F)cc3[N+](=O)[O-])C2=O)cc1. The second kappa shape index (κ2) is 7.30. The van der Waals surface area contributed by atoms with Gasteiger partial charge in [0, 0.05) is 0 Å². The maximum Gasteiger partial charge on any atom is 0.325 e. The molecule has 1 atom stereocenters. The molecule has 1 fully saturated rings. The minimum Gasteiger partial charge on any atom is -0.319 e. The largest absolute Gasteiger partial charge is 0.325 e. The van der Waals surface area contributed by atoms with E-state index in [-0.39, 0.29) is 5.69 Å². The number of nitrogens with one attached hydrogen (secondary N) is 2. The van der Waals surface area contributed by atoms with Crippen LogP contribution >= 0.6 is 0 Å². The minimum atomic E-state index is -1.34. The minimum absolute atomic E-state index is 0.241. The quantitative estimate of drug-likeness (QED) is 0.454. The first-order valence-corrected chi connectivity index (χ1v) is 8.57. The van der Waals surface area contributed by atoms with Crippen molar-refractivity contribution in [2.75, 3.05) is 11.9 Å². The van der Waals surface area contributed by atoms with Crippen LogP contribution in [0.15, 0.2) is 42.5 Å². The van der Waals surface area contributed by atoms with Crippen LogP contribution < -0.4 is 10.6 Å². The standard InChI is InChI=1S/C19H17FN4O5/c1-11-3-5-12(6-4-11)19(2)17(26)23(18(27)22-19)10-16(25)21-14-8-7-13(20)9-15(14)24(28)29/h3-9H,10H2,1-2H3,(H,21,25)(H,22,27)/t19-/m0/s1. The number of amides is 4. The Bertz CT molecular complexity index is 1020. The van der Waals surface area contributed by atoms with Gasteiger partial charge in [-0.05, 0) is 31.5 Å². The first kappa shape index (κ1) is 19.9. The second-order valence-corrected chi connectivity index (χ2v) is 6.78. The Labute approximate surface area is 164 Å². The van der Waals surface area contributed by atoms with Crippen LogP contribution in [-0.4, -0.2) is 34.2 Å². The summed E-state index contributed by atoms with van der Waals surface area (Å²) >= 11 is 0. The van der Waals surface area contributed by atoms with Crippen LogP contribution in [0.5, 0.6) is 0 Å². The Morgan fingerprint density at radius 2 is 1.90 bits per heavy atom. The lowest BCUT2D eigenvalue weighted by Crippen LogP contribution is -2.42. The topological polar surface area (TPSA) is 122 Å². The van der Waals surface area contributed by atoms with Crippen LogP contribution in [0.4, 0.5) is 20.6 Å². The van der Waals surface area contributed by atoms with Crippen LogP contribution in [0.2, 0.25) is 0 Å². The summed E-state index contributed by atoms with van der Waals surface area (Å²) in [5.41, 5.74) is -0.688. The van der Waals surface area contributed by atoms with E-state index in [9.17, 15) is 28.9 Å². The number of aryl methyl sites for hydroxylation is 1. The van der Waals surface area contributed by atoms with E-state index in [0.29, 0.717) is 11.6 Å². The van der Waals surface area contributed by atoms with Crippen molar-refractivity contribution < 1.29 is 23.7 Å². The molecule has 0 bridgehead atoms. The maximum atomic E-state index is 13.2. The van der Waals surface area contributed by atoms with Crippen LogP contribution in [-0.2, 0) is 15.1 Å². The fraction of sp³-hybridized carbons (Fsp3) is 0.211. The Morgan fingerprint density at radius 3 is 2.52 bits per heavy atom. The molecule has 2 aromatic rings. The number of carbonyl (C=O) groups is 3. The molecule has 0 saturated carbocycles. The van der Waals surface area contributed by atoms with E-state index >= 15 is 0 Å². The predicted octanol–water partition coefficient (Wildman–Crippen LogP) is 2.45. The second-order valence-electron chi connectivity index (χ2n) is 6.78. The molecule has 1 aliphatic heterocycles. The van der Waals surface area contributed by atoms with Gasteiger partial charge in [0.15, 0.2) is 0 Å². The number of halogens is 1. The summed E-state index contributed by atoms with van der Waals surface area (Å²) < 4.78 is 13.2. The van der Waals surface area contributed by atoms with Gasteiger partial charge in [-0.3, -0.25) is 24.6 Å². The number of urea groups is 1. The Morgan fingerprint density at radius 1 is 1.24 bits per heavy atom. The summed E-state index contributed by atoms with van der Waals surface area (Å²) in [4.78, 5) is 48.4. The highest BCUT2D eigenvalue weighted by molar-refractivity contribution is 6.10. The normalized spacial score (nSPS) is 18.5. The van der Waals surface area contributed by atoms with E-state index in [1.54, 1.807) is 24.3 Å². The van der Waals surface area contributed by atoms with Gasteiger partial charge in [0.25, 0.3) is 11.6 Å². The van der Waals surface area contributed by atoms with Crippen molar-refractivity contribution in [1.29, 1.82) is 0 Å². The number of nitrogens with zero attached hydrogens (tertiary/aromatic N) is 2. The molecule has 0 unspecified atom stereocenters. The zero-order valence-corrected chi connectivity index (χ0v) is 15.6. The van der Waals surface area contributed by atoms with Crippen molar-refractivity contribution in [2.45, 2.75) is 19.4 Å². The lowest BCUT2D eigenvalue weighted by Gasteiger charge is -2.22. The van der Waals surface area contributed by atoms with Crippen molar-refractivity contribution in [3.05, 3.63) is 69.5 Å². The molecule has 9 nitrogen and oxygen atoms in total. The van der Waals surface area contributed by atoms with Gasteiger partial charge >= 0.3 is 6.03 Å². The summed E-state index contributed by atoms with van der Waals surface area (Å²) in [6, 6.07) is 8.89. The first-order valence-electron chi connectivity index (χ1n) is 8.57. The third-order valence-corrected chi connectivity index (χ3v) is 4.64. The molecule has 1 heterocycles. The van der Waals surface area contributed by atoms with Crippen molar-refractivity contribution in [2.24, 2.45) is 0 Å². The van der Waals surface area contributed by atoms with Gasteiger partial charge in [0.1, 0.15) is 23.6 Å². The number of imide groups is 1. The highest BCUT2D eigenvalue weighted by Gasteiger charge is 2.49.